The van der Waals surface area contributed by atoms with Crippen molar-refractivity contribution in [2.75, 3.05) is 11.1 Å². The minimum absolute atomic E-state index is 0.159. The second-order valence-corrected chi connectivity index (χ2v) is 4.46. The smallest absolute Gasteiger partial charge is 0.330 e. The highest BCUT2D eigenvalue weighted by atomic mass is 16.2. The molecule has 5 N–H and O–H groups in total. The molecule has 2 aromatic rings. The lowest BCUT2D eigenvalue weighted by molar-refractivity contribution is 0.605. The first-order chi connectivity index (χ1) is 9.63. The van der Waals surface area contributed by atoms with Crippen molar-refractivity contribution in [2.45, 2.75) is 32.9 Å². The Morgan fingerprint density at radius 3 is 2.90 bits per heavy atom. The van der Waals surface area contributed by atoms with Gasteiger partial charge in [0, 0.05) is 12.7 Å². The second kappa shape index (κ2) is 6.09. The molecule has 0 amide bonds. The third kappa shape index (κ3) is 2.90. The Morgan fingerprint density at radius 2 is 2.25 bits per heavy atom. The molecule has 8 nitrogen and oxygen atoms in total. The fraction of sp³-hybridized carbons (Fsp3) is 0.417. The van der Waals surface area contributed by atoms with Crippen molar-refractivity contribution < 1.29 is 0 Å². The van der Waals surface area contributed by atoms with Crippen LogP contribution in [-0.2, 0) is 13.1 Å². The van der Waals surface area contributed by atoms with Gasteiger partial charge >= 0.3 is 5.69 Å². The molecule has 0 radical (unpaired) electrons. The number of nitrogens with zero attached hydrogens (tertiary/aromatic N) is 2. The van der Waals surface area contributed by atoms with Gasteiger partial charge in [-0.1, -0.05) is 13.3 Å². The quantitative estimate of drug-likeness (QED) is 0.603. The highest BCUT2D eigenvalue weighted by Crippen LogP contribution is 2.11. The number of rotatable bonds is 6. The van der Waals surface area contributed by atoms with Gasteiger partial charge in [0.25, 0.3) is 5.56 Å². The molecule has 2 heterocycles. The molecular weight excluding hydrogens is 260 g/mol. The van der Waals surface area contributed by atoms with Gasteiger partial charge in [-0.05, 0) is 6.42 Å². The number of nitrogens with two attached hydrogens (primary N) is 1. The fourth-order valence-corrected chi connectivity index (χ4v) is 1.86. The average Bonchev–Trinajstić information content (AvgIpc) is 2.91. The van der Waals surface area contributed by atoms with E-state index in [1.54, 1.807) is 12.5 Å². The van der Waals surface area contributed by atoms with Crippen LogP contribution in [0.1, 0.15) is 25.5 Å². The number of aromatic nitrogens is 4. The van der Waals surface area contributed by atoms with Gasteiger partial charge < -0.3 is 16.0 Å². The first-order valence-corrected chi connectivity index (χ1v) is 6.47. The van der Waals surface area contributed by atoms with Crippen molar-refractivity contribution in [1.29, 1.82) is 0 Å². The minimum Gasteiger partial charge on any atom is -0.383 e. The molecule has 0 spiro atoms. The summed E-state index contributed by atoms with van der Waals surface area (Å²) in [6.45, 7) is 2.88. The molecule has 0 saturated heterocycles. The van der Waals surface area contributed by atoms with E-state index < -0.39 is 11.2 Å². The summed E-state index contributed by atoms with van der Waals surface area (Å²) in [5.41, 5.74) is 5.95. The van der Waals surface area contributed by atoms with Crippen molar-refractivity contribution >= 4 is 11.5 Å². The summed E-state index contributed by atoms with van der Waals surface area (Å²) < 4.78 is 1.38. The van der Waals surface area contributed by atoms with Crippen LogP contribution in [0.3, 0.4) is 0 Å². The molecule has 0 atom stereocenters. The standard InChI is InChI=1S/C12H18N6O2/c1-2-3-4-18-10(13)9(11(19)17-12(18)20)15-6-8-5-14-7-16-8/h5,7,15H,2-4,6,13H2,1H3,(H,14,16)(H,17,19,20). The summed E-state index contributed by atoms with van der Waals surface area (Å²) in [4.78, 5) is 32.6. The van der Waals surface area contributed by atoms with E-state index in [-0.39, 0.29) is 11.5 Å². The summed E-state index contributed by atoms with van der Waals surface area (Å²) in [7, 11) is 0. The Labute approximate surface area is 115 Å². The predicted molar refractivity (Wildman–Crippen MR) is 76.6 cm³/mol. The third-order valence-corrected chi connectivity index (χ3v) is 2.99. The van der Waals surface area contributed by atoms with Crippen LogP contribution in [0.5, 0.6) is 0 Å². The fourth-order valence-electron chi connectivity index (χ4n) is 1.86. The number of imidazole rings is 1. The predicted octanol–water partition coefficient (Wildman–Crippen LogP) is 0.254. The van der Waals surface area contributed by atoms with Crippen LogP contribution in [0.25, 0.3) is 0 Å². The molecule has 0 aromatic carbocycles. The molecule has 8 heteroatoms. The van der Waals surface area contributed by atoms with Crippen LogP contribution in [0, 0.1) is 0 Å². The van der Waals surface area contributed by atoms with Crippen LogP contribution in [0.15, 0.2) is 22.1 Å². The molecule has 0 aliphatic heterocycles. The average molecular weight is 278 g/mol. The molecule has 0 fully saturated rings. The Balaban J connectivity index is 2.27. The number of hydrogen-bond donors (Lipinski definition) is 4. The lowest BCUT2D eigenvalue weighted by Crippen LogP contribution is -2.34. The summed E-state index contributed by atoms with van der Waals surface area (Å²) in [6.07, 6.45) is 4.94. The molecule has 108 valence electrons. The lowest BCUT2D eigenvalue weighted by Gasteiger charge is -2.13. The monoisotopic (exact) mass is 278 g/mol. The van der Waals surface area contributed by atoms with Crippen LogP contribution < -0.4 is 22.3 Å². The first kappa shape index (κ1) is 13.9. The summed E-state index contributed by atoms with van der Waals surface area (Å²) in [5, 5.41) is 2.93. The van der Waals surface area contributed by atoms with Gasteiger partial charge in [-0.2, -0.15) is 0 Å². The Morgan fingerprint density at radius 1 is 1.45 bits per heavy atom. The third-order valence-electron chi connectivity index (χ3n) is 2.99. The van der Waals surface area contributed by atoms with Crippen LogP contribution in [0.2, 0.25) is 0 Å². The molecule has 2 rings (SSSR count). The van der Waals surface area contributed by atoms with Gasteiger partial charge in [0.2, 0.25) is 0 Å². The Hall–Kier alpha value is -2.51. The number of H-pyrrole nitrogens is 2. The molecule has 20 heavy (non-hydrogen) atoms. The van der Waals surface area contributed by atoms with Crippen LogP contribution >= 0.6 is 0 Å². The largest absolute Gasteiger partial charge is 0.383 e. The number of nitrogen functional groups attached to an aromatic ring is 1. The van der Waals surface area contributed by atoms with E-state index >= 15 is 0 Å². The molecule has 2 aromatic heterocycles. The van der Waals surface area contributed by atoms with Crippen molar-refractivity contribution in [3.63, 3.8) is 0 Å². The van der Waals surface area contributed by atoms with E-state index in [0.717, 1.165) is 18.5 Å². The SMILES string of the molecule is CCCCn1c(N)c(NCc2cnc[nH]2)c(=O)[nH]c1=O. The maximum absolute atomic E-state index is 11.8. The minimum atomic E-state index is -0.514. The zero-order valence-corrected chi connectivity index (χ0v) is 11.3. The van der Waals surface area contributed by atoms with Gasteiger partial charge in [0.1, 0.15) is 11.5 Å². The summed E-state index contributed by atoms with van der Waals surface area (Å²) in [5.74, 6) is 0.159. The Bertz CT molecular complexity index is 670. The molecule has 0 bridgehead atoms. The number of unbranched alkanes of at least 4 members (excludes halogenated alkanes) is 1. The normalized spacial score (nSPS) is 10.7. The molecule has 0 aliphatic rings. The van der Waals surface area contributed by atoms with E-state index in [1.165, 1.54) is 4.57 Å². The number of aromatic amines is 2. The van der Waals surface area contributed by atoms with E-state index in [0.29, 0.717) is 13.1 Å². The Kier molecular flexibility index (Phi) is 4.24. The van der Waals surface area contributed by atoms with Gasteiger partial charge in [-0.3, -0.25) is 14.3 Å². The number of anilines is 2. The van der Waals surface area contributed by atoms with E-state index in [9.17, 15) is 9.59 Å². The number of hydrogen-bond acceptors (Lipinski definition) is 5. The van der Waals surface area contributed by atoms with Crippen molar-refractivity contribution in [1.82, 2.24) is 19.5 Å². The van der Waals surface area contributed by atoms with Crippen LogP contribution in [-0.4, -0.2) is 19.5 Å². The molecule has 0 unspecified atom stereocenters. The van der Waals surface area contributed by atoms with Crippen molar-refractivity contribution in [3.8, 4) is 0 Å². The van der Waals surface area contributed by atoms with Gasteiger partial charge in [-0.15, -0.1) is 0 Å². The second-order valence-electron chi connectivity index (χ2n) is 4.46. The molecule has 0 saturated carbocycles. The highest BCUT2D eigenvalue weighted by molar-refractivity contribution is 5.60. The van der Waals surface area contributed by atoms with E-state index in [1.807, 2.05) is 6.92 Å². The molecule has 0 aliphatic carbocycles. The van der Waals surface area contributed by atoms with Gasteiger partial charge in [-0.25, -0.2) is 9.78 Å². The topological polar surface area (TPSA) is 122 Å². The van der Waals surface area contributed by atoms with Gasteiger partial charge in [0.05, 0.1) is 18.6 Å². The van der Waals surface area contributed by atoms with Crippen LogP contribution in [0.4, 0.5) is 11.5 Å². The van der Waals surface area contributed by atoms with Crippen molar-refractivity contribution in [2.24, 2.45) is 0 Å². The first-order valence-electron chi connectivity index (χ1n) is 6.47. The highest BCUT2D eigenvalue weighted by Gasteiger charge is 2.11. The zero-order valence-electron chi connectivity index (χ0n) is 11.3. The lowest BCUT2D eigenvalue weighted by atomic mass is 10.3. The van der Waals surface area contributed by atoms with Crippen molar-refractivity contribution in [3.05, 3.63) is 39.1 Å². The maximum Gasteiger partial charge on any atom is 0.330 e. The maximum atomic E-state index is 11.8. The van der Waals surface area contributed by atoms with E-state index in [4.69, 9.17) is 5.73 Å². The summed E-state index contributed by atoms with van der Waals surface area (Å²) >= 11 is 0. The van der Waals surface area contributed by atoms with E-state index in [2.05, 4.69) is 20.3 Å². The van der Waals surface area contributed by atoms with Gasteiger partial charge in [0.15, 0.2) is 0 Å². The number of nitrogens with one attached hydrogen (secondary N) is 3. The molecular formula is C12H18N6O2. The summed E-state index contributed by atoms with van der Waals surface area (Å²) in [6, 6.07) is 0. The zero-order chi connectivity index (χ0) is 14.5.